The molecule has 0 amide bonds. The average Bonchev–Trinajstić information content (AvgIpc) is 0.722. The molecular formula is H2ClFO2S2. The van der Waals surface area contributed by atoms with E-state index in [0.717, 1.165) is 0 Å². The fraction of sp³-hybridized carbons (Fsp3) is 0. The molecule has 0 aliphatic carbocycles. The Morgan fingerprint density at radius 2 is 1.50 bits per heavy atom. The highest BCUT2D eigenvalue weighted by Crippen LogP contribution is 1.92. The Morgan fingerprint density at radius 1 is 1.50 bits per heavy atom. The van der Waals surface area contributed by atoms with Gasteiger partial charge in [-0.2, -0.15) is 21.9 Å². The van der Waals surface area contributed by atoms with Crippen LogP contribution in [0, 0.1) is 0 Å². The molecule has 40 valence electrons. The molecule has 0 saturated heterocycles. The minimum absolute atomic E-state index is 0. The van der Waals surface area contributed by atoms with Crippen LogP contribution in [-0.2, 0) is 9.44 Å². The van der Waals surface area contributed by atoms with E-state index in [1.54, 1.807) is 0 Å². The van der Waals surface area contributed by atoms with Crippen LogP contribution in [0.4, 0.5) is 3.89 Å². The largest absolute Gasteiger partial charge is 0.391 e. The Balaban J connectivity index is 0. The van der Waals surface area contributed by atoms with E-state index in [1.165, 1.54) is 0 Å². The second kappa shape index (κ2) is 2.65. The lowest BCUT2D eigenvalue weighted by Gasteiger charge is -1.59. The van der Waals surface area contributed by atoms with E-state index >= 15 is 0 Å². The fourth-order valence-electron chi connectivity index (χ4n) is 0. The Hall–Kier alpha value is 0.520. The minimum atomic E-state index is -4.69. The van der Waals surface area contributed by atoms with Crippen LogP contribution >= 0.6 is 24.2 Å². The van der Waals surface area contributed by atoms with Gasteiger partial charge in [-0.3, -0.25) is 0 Å². The number of hydrogen-bond acceptors (Lipinski definition) is 2. The Kier molecular flexibility index (Phi) is 4.30. The molecule has 0 saturated carbocycles. The van der Waals surface area contributed by atoms with Gasteiger partial charge in [0.2, 0.25) is 0 Å². The molecule has 0 bridgehead atoms. The minimum Gasteiger partial charge on any atom is -0.197 e. The molecule has 0 aromatic heterocycles. The predicted molar refractivity (Wildman–Crippen MR) is 26.3 cm³/mol. The molecule has 0 spiro atoms. The van der Waals surface area contributed by atoms with E-state index in [9.17, 15) is 3.89 Å². The Labute approximate surface area is 46.5 Å². The van der Waals surface area contributed by atoms with Crippen molar-refractivity contribution in [3.05, 3.63) is 0 Å². The van der Waals surface area contributed by atoms with Crippen molar-refractivity contribution >= 4 is 33.6 Å². The van der Waals surface area contributed by atoms with Crippen molar-refractivity contribution in [1.82, 2.24) is 0 Å². The van der Waals surface area contributed by atoms with Gasteiger partial charge in [-0.25, -0.2) is 0 Å². The molecular weight excluding hydrogens is 151 g/mol. The van der Waals surface area contributed by atoms with Gasteiger partial charge in [0.05, 0.1) is 10.7 Å². The van der Waals surface area contributed by atoms with Crippen LogP contribution in [0.2, 0.25) is 0 Å². The van der Waals surface area contributed by atoms with Gasteiger partial charge >= 0.3 is 9.44 Å². The quantitative estimate of drug-likeness (QED) is 0.475. The van der Waals surface area contributed by atoms with Crippen molar-refractivity contribution in [2.75, 3.05) is 0 Å². The monoisotopic (exact) mass is 152 g/mol. The van der Waals surface area contributed by atoms with Crippen LogP contribution in [0.3, 0.4) is 0 Å². The zero-order valence-corrected chi connectivity index (χ0v) is 5.05. The first-order valence-electron chi connectivity index (χ1n) is 0.642. The second-order valence-electron chi connectivity index (χ2n) is 0.378. The van der Waals surface area contributed by atoms with Crippen LogP contribution in [0.1, 0.15) is 0 Å². The van der Waals surface area contributed by atoms with Gasteiger partial charge in [-0.15, -0.1) is 0 Å². The summed E-state index contributed by atoms with van der Waals surface area (Å²) in [5.41, 5.74) is 0. The summed E-state index contributed by atoms with van der Waals surface area (Å²) in [6, 6.07) is 0. The maximum atomic E-state index is 10.4. The molecule has 0 aliphatic rings. The number of hydrogen-bond donors (Lipinski definition) is 0. The number of halogens is 2. The molecule has 2 nitrogen and oxygen atoms in total. The van der Waals surface area contributed by atoms with Gasteiger partial charge in [0, 0.05) is 0 Å². The first-order chi connectivity index (χ1) is 2.00. The molecule has 0 unspecified atom stereocenters. The van der Waals surface area contributed by atoms with Crippen LogP contribution in [0.25, 0.3) is 0 Å². The molecule has 6 heavy (non-hydrogen) atoms. The van der Waals surface area contributed by atoms with Gasteiger partial charge in [-0.1, -0.05) is 3.89 Å². The van der Waals surface area contributed by atoms with E-state index in [2.05, 4.69) is 10.7 Å². The third kappa shape index (κ3) is 207. The van der Waals surface area contributed by atoms with Crippen molar-refractivity contribution in [2.24, 2.45) is 0 Å². The van der Waals surface area contributed by atoms with Crippen LogP contribution in [0.15, 0.2) is 0 Å². The first-order valence-corrected chi connectivity index (χ1v) is 2.85. The molecule has 6 heteroatoms. The van der Waals surface area contributed by atoms with E-state index in [0.29, 0.717) is 0 Å². The summed E-state index contributed by atoms with van der Waals surface area (Å²) in [5, 5.41) is 0. The topological polar surface area (TPSA) is 34.1 Å². The second-order valence-corrected chi connectivity index (χ2v) is 2.24. The zero-order chi connectivity index (χ0) is 4.50. The van der Waals surface area contributed by atoms with Crippen molar-refractivity contribution in [2.45, 2.75) is 0 Å². The van der Waals surface area contributed by atoms with Crippen LogP contribution in [-0.4, -0.2) is 8.42 Å². The van der Waals surface area contributed by atoms with E-state index in [4.69, 9.17) is 8.42 Å². The summed E-state index contributed by atoms with van der Waals surface area (Å²) >= 11 is 0. The zero-order valence-electron chi connectivity index (χ0n) is 2.48. The van der Waals surface area contributed by atoms with E-state index < -0.39 is 9.44 Å². The Morgan fingerprint density at radius 3 is 1.50 bits per heavy atom. The molecule has 0 fully saturated rings. The van der Waals surface area contributed by atoms with Crippen molar-refractivity contribution in [1.29, 1.82) is 0 Å². The van der Waals surface area contributed by atoms with Gasteiger partial charge in [0.15, 0.2) is 0 Å². The first kappa shape index (κ1) is 9.72. The highest BCUT2D eigenvalue weighted by molar-refractivity contribution is 8.09. The molecule has 0 N–H and O–H groups in total. The summed E-state index contributed by atoms with van der Waals surface area (Å²) in [4.78, 5) is 0. The van der Waals surface area contributed by atoms with Crippen LogP contribution < -0.4 is 0 Å². The smallest absolute Gasteiger partial charge is 0.197 e. The van der Waals surface area contributed by atoms with Crippen molar-refractivity contribution in [3.63, 3.8) is 0 Å². The lowest BCUT2D eigenvalue weighted by molar-refractivity contribution is 0.569. The third-order valence-corrected chi connectivity index (χ3v) is 0. The summed E-state index contributed by atoms with van der Waals surface area (Å²) in [6.07, 6.45) is 0. The molecule has 0 heterocycles. The molecule has 0 aromatic carbocycles. The average molecular weight is 153 g/mol. The van der Waals surface area contributed by atoms with Gasteiger partial charge < -0.3 is 0 Å². The summed E-state index contributed by atoms with van der Waals surface area (Å²) < 4.78 is 27.9. The highest BCUT2D eigenvalue weighted by Gasteiger charge is 1.91. The standard InChI is InChI=1S/ClFO2S.H2S/c1-5(2,3)4;/h;1H2. The maximum Gasteiger partial charge on any atom is 0.391 e. The molecule has 0 rings (SSSR count). The van der Waals surface area contributed by atoms with Gasteiger partial charge in [0.25, 0.3) is 0 Å². The fourth-order valence-corrected chi connectivity index (χ4v) is 0. The van der Waals surface area contributed by atoms with Crippen LogP contribution in [0.5, 0.6) is 0 Å². The van der Waals surface area contributed by atoms with E-state index in [-0.39, 0.29) is 13.5 Å². The lowest BCUT2D eigenvalue weighted by Crippen LogP contribution is -1.66. The normalized spacial score (nSPS) is 9.67. The predicted octanol–water partition coefficient (Wildman–Crippen LogP) is 0.552. The maximum absolute atomic E-state index is 10.4. The van der Waals surface area contributed by atoms with E-state index in [1.807, 2.05) is 0 Å². The van der Waals surface area contributed by atoms with Crippen molar-refractivity contribution < 1.29 is 12.3 Å². The molecule has 0 radical (unpaired) electrons. The molecule has 0 atom stereocenters. The lowest BCUT2D eigenvalue weighted by atomic mass is 15.9. The highest BCUT2D eigenvalue weighted by atomic mass is 35.7. The summed E-state index contributed by atoms with van der Waals surface area (Å²) in [5.74, 6) is 0. The SMILES string of the molecule is O=S(=O)(F)Cl.S. The summed E-state index contributed by atoms with van der Waals surface area (Å²) in [7, 11) is -0.859. The number of rotatable bonds is 0. The van der Waals surface area contributed by atoms with Gasteiger partial charge in [0.1, 0.15) is 0 Å². The summed E-state index contributed by atoms with van der Waals surface area (Å²) in [6.45, 7) is 0. The molecule has 0 aliphatic heterocycles. The van der Waals surface area contributed by atoms with Crippen molar-refractivity contribution in [3.8, 4) is 0 Å². The molecule has 0 aromatic rings. The van der Waals surface area contributed by atoms with Gasteiger partial charge in [-0.05, 0) is 0 Å². The third-order valence-electron chi connectivity index (χ3n) is 0. The Bertz CT molecular complexity index is 94.7.